The smallest absolute Gasteiger partial charge is 0.337 e. The number of rotatable bonds is 5. The van der Waals surface area contributed by atoms with Crippen molar-refractivity contribution in [2.75, 3.05) is 20.1 Å². The highest BCUT2D eigenvalue weighted by molar-refractivity contribution is 5.77. The quantitative estimate of drug-likeness (QED) is 0.767. The maximum atomic E-state index is 11.8. The maximum Gasteiger partial charge on any atom is 0.401 e. The van der Waals surface area contributed by atoms with Crippen molar-refractivity contribution in [1.29, 1.82) is 0 Å². The van der Waals surface area contributed by atoms with Crippen LogP contribution in [0.25, 0.3) is 0 Å². The Morgan fingerprint density at radius 1 is 1.59 bits per heavy atom. The van der Waals surface area contributed by atoms with Gasteiger partial charge in [-0.1, -0.05) is 0 Å². The lowest BCUT2D eigenvalue weighted by Crippen LogP contribution is -2.39. The van der Waals surface area contributed by atoms with Crippen LogP contribution in [-0.4, -0.2) is 52.3 Å². The summed E-state index contributed by atoms with van der Waals surface area (Å²) < 4.78 is 35.4. The largest absolute Gasteiger partial charge is 0.401 e. The van der Waals surface area contributed by atoms with Crippen molar-refractivity contribution >= 4 is 5.91 Å². The van der Waals surface area contributed by atoms with Gasteiger partial charge in [-0.3, -0.25) is 9.89 Å². The van der Waals surface area contributed by atoms with Crippen molar-refractivity contribution in [2.24, 2.45) is 0 Å². The molecule has 0 aliphatic rings. The number of amides is 1. The number of nitrogens with zero attached hydrogens (tertiary/aromatic N) is 3. The van der Waals surface area contributed by atoms with Gasteiger partial charge >= 0.3 is 6.18 Å². The van der Waals surface area contributed by atoms with Crippen LogP contribution in [0.15, 0.2) is 6.33 Å². The van der Waals surface area contributed by atoms with Crippen LogP contribution in [0.2, 0.25) is 0 Å². The fraction of sp³-hybridized carbons (Fsp3) is 0.625. The Kier molecular flexibility index (Phi) is 4.44. The molecule has 1 amide bonds. The summed E-state index contributed by atoms with van der Waals surface area (Å²) in [7, 11) is 1.47. The van der Waals surface area contributed by atoms with Crippen LogP contribution in [0, 0.1) is 0 Å². The van der Waals surface area contributed by atoms with E-state index in [0.717, 1.165) is 0 Å². The Morgan fingerprint density at radius 2 is 2.29 bits per heavy atom. The predicted molar refractivity (Wildman–Crippen MR) is 51.8 cm³/mol. The SMILES string of the molecule is CN(Cc1ncn[nH]1)C(=O)CNCC(F)(F)F. The van der Waals surface area contributed by atoms with Crippen LogP contribution in [0.5, 0.6) is 0 Å². The molecule has 0 unspecified atom stereocenters. The van der Waals surface area contributed by atoms with Crippen molar-refractivity contribution in [3.8, 4) is 0 Å². The van der Waals surface area contributed by atoms with E-state index in [1.807, 2.05) is 5.32 Å². The number of halogens is 3. The summed E-state index contributed by atoms with van der Waals surface area (Å²) >= 11 is 0. The van der Waals surface area contributed by atoms with Gasteiger partial charge in [0.15, 0.2) is 0 Å². The van der Waals surface area contributed by atoms with Crippen LogP contribution in [0.3, 0.4) is 0 Å². The third-order valence-corrected chi connectivity index (χ3v) is 1.88. The molecule has 1 heterocycles. The van der Waals surface area contributed by atoms with Gasteiger partial charge in [-0.2, -0.15) is 18.3 Å². The highest BCUT2D eigenvalue weighted by Crippen LogP contribution is 2.11. The van der Waals surface area contributed by atoms with E-state index in [4.69, 9.17) is 0 Å². The molecule has 1 aromatic rings. The number of likely N-dealkylation sites (N-methyl/N-ethyl adjacent to an activating group) is 1. The molecule has 1 rings (SSSR count). The molecule has 6 nitrogen and oxygen atoms in total. The minimum absolute atomic E-state index is 0.173. The van der Waals surface area contributed by atoms with E-state index in [2.05, 4.69) is 15.2 Å². The van der Waals surface area contributed by atoms with Gasteiger partial charge in [-0.15, -0.1) is 0 Å². The van der Waals surface area contributed by atoms with Crippen molar-refractivity contribution < 1.29 is 18.0 Å². The number of hydrogen-bond donors (Lipinski definition) is 2. The lowest BCUT2D eigenvalue weighted by molar-refractivity contribution is -0.133. The molecule has 17 heavy (non-hydrogen) atoms. The van der Waals surface area contributed by atoms with E-state index >= 15 is 0 Å². The third-order valence-electron chi connectivity index (χ3n) is 1.88. The van der Waals surface area contributed by atoms with Gasteiger partial charge in [0, 0.05) is 7.05 Å². The van der Waals surface area contributed by atoms with Gasteiger partial charge < -0.3 is 10.2 Å². The van der Waals surface area contributed by atoms with E-state index in [-0.39, 0.29) is 13.1 Å². The minimum Gasteiger partial charge on any atom is -0.337 e. The molecule has 1 aromatic heterocycles. The Hall–Kier alpha value is -1.64. The van der Waals surface area contributed by atoms with Gasteiger partial charge in [0.1, 0.15) is 12.2 Å². The third kappa shape index (κ3) is 5.29. The van der Waals surface area contributed by atoms with Gasteiger partial charge in [-0.25, -0.2) is 4.98 Å². The summed E-state index contributed by atoms with van der Waals surface area (Å²) in [5, 5.41) is 8.16. The second-order valence-electron chi connectivity index (χ2n) is 3.40. The van der Waals surface area contributed by atoms with Crippen LogP contribution in [0.4, 0.5) is 13.2 Å². The van der Waals surface area contributed by atoms with Crippen LogP contribution < -0.4 is 5.32 Å². The van der Waals surface area contributed by atoms with Crippen molar-refractivity contribution in [1.82, 2.24) is 25.4 Å². The number of nitrogens with one attached hydrogen (secondary N) is 2. The number of alkyl halides is 3. The zero-order valence-electron chi connectivity index (χ0n) is 9.08. The molecule has 0 radical (unpaired) electrons. The zero-order chi connectivity index (χ0) is 12.9. The topological polar surface area (TPSA) is 73.9 Å². The first-order chi connectivity index (χ1) is 7.88. The monoisotopic (exact) mass is 251 g/mol. The Balaban J connectivity index is 2.28. The van der Waals surface area contributed by atoms with Crippen molar-refractivity contribution in [3.05, 3.63) is 12.2 Å². The molecule has 0 bridgehead atoms. The van der Waals surface area contributed by atoms with Crippen molar-refractivity contribution in [3.63, 3.8) is 0 Å². The zero-order valence-corrected chi connectivity index (χ0v) is 9.08. The summed E-state index contributed by atoms with van der Waals surface area (Å²) in [6, 6.07) is 0. The normalized spacial score (nSPS) is 11.5. The number of aromatic nitrogens is 3. The highest BCUT2D eigenvalue weighted by Gasteiger charge is 2.26. The van der Waals surface area contributed by atoms with E-state index in [9.17, 15) is 18.0 Å². The molecule has 0 aliphatic heterocycles. The first-order valence-corrected chi connectivity index (χ1v) is 4.74. The van der Waals surface area contributed by atoms with Gasteiger partial charge in [0.05, 0.1) is 19.6 Å². The fourth-order valence-electron chi connectivity index (χ4n) is 1.07. The standard InChI is InChI=1S/C8H12F3N5O/c1-16(3-6-13-5-14-15-6)7(17)2-12-4-8(9,10)11/h5,12H,2-4H2,1H3,(H,13,14,15). The van der Waals surface area contributed by atoms with Crippen LogP contribution in [-0.2, 0) is 11.3 Å². The van der Waals surface area contributed by atoms with Crippen LogP contribution in [0.1, 0.15) is 5.82 Å². The second kappa shape index (κ2) is 5.62. The lowest BCUT2D eigenvalue weighted by atomic mass is 10.4. The summed E-state index contributed by atoms with van der Waals surface area (Å²) in [4.78, 5) is 16.4. The van der Waals surface area contributed by atoms with Gasteiger partial charge in [0.2, 0.25) is 5.91 Å². The second-order valence-corrected chi connectivity index (χ2v) is 3.40. The Bertz CT molecular complexity index is 351. The number of carbonyl (C=O) groups is 1. The minimum atomic E-state index is -4.32. The van der Waals surface area contributed by atoms with Gasteiger partial charge in [-0.05, 0) is 0 Å². The molecule has 2 N–H and O–H groups in total. The number of carbonyl (C=O) groups excluding carboxylic acids is 1. The summed E-state index contributed by atoms with van der Waals surface area (Å²) in [5.74, 6) is 0.0160. The molecule has 0 aliphatic carbocycles. The van der Waals surface area contributed by atoms with E-state index in [0.29, 0.717) is 5.82 Å². The first kappa shape index (κ1) is 13.4. The molecule has 96 valence electrons. The number of hydrogen-bond acceptors (Lipinski definition) is 4. The lowest BCUT2D eigenvalue weighted by Gasteiger charge is -2.16. The predicted octanol–water partition coefficient (Wildman–Crippen LogP) is -0.0850. The Morgan fingerprint density at radius 3 is 2.82 bits per heavy atom. The average Bonchev–Trinajstić information content (AvgIpc) is 2.68. The Labute approximate surface area is 95.2 Å². The van der Waals surface area contributed by atoms with Gasteiger partial charge in [0.25, 0.3) is 0 Å². The van der Waals surface area contributed by atoms with E-state index < -0.39 is 18.6 Å². The number of aromatic amines is 1. The average molecular weight is 251 g/mol. The summed E-state index contributed by atoms with van der Waals surface area (Å²) in [6.45, 7) is -1.38. The maximum absolute atomic E-state index is 11.8. The molecule has 0 fully saturated rings. The molecular weight excluding hydrogens is 239 g/mol. The summed E-state index contributed by atoms with van der Waals surface area (Å²) in [5.41, 5.74) is 0. The number of H-pyrrole nitrogens is 1. The summed E-state index contributed by atoms with van der Waals surface area (Å²) in [6.07, 6.45) is -3.03. The first-order valence-electron chi connectivity index (χ1n) is 4.74. The van der Waals surface area contributed by atoms with E-state index in [1.54, 1.807) is 0 Å². The molecule has 0 saturated heterocycles. The molecule has 0 spiro atoms. The van der Waals surface area contributed by atoms with Crippen LogP contribution >= 0.6 is 0 Å². The molecule has 0 atom stereocenters. The van der Waals surface area contributed by atoms with Crippen molar-refractivity contribution in [2.45, 2.75) is 12.7 Å². The molecule has 9 heteroatoms. The molecular formula is C8H12F3N5O. The highest BCUT2D eigenvalue weighted by atomic mass is 19.4. The van der Waals surface area contributed by atoms with E-state index in [1.165, 1.54) is 18.3 Å². The molecule has 0 saturated carbocycles. The molecule has 0 aromatic carbocycles. The fourth-order valence-corrected chi connectivity index (χ4v) is 1.07.